The van der Waals surface area contributed by atoms with Crippen molar-refractivity contribution in [2.45, 2.75) is 38.5 Å². The highest BCUT2D eigenvalue weighted by Gasteiger charge is 2.41. The fourth-order valence-corrected chi connectivity index (χ4v) is 3.98. The van der Waals surface area contributed by atoms with Crippen molar-refractivity contribution >= 4 is 0 Å². The van der Waals surface area contributed by atoms with Gasteiger partial charge in [0.25, 0.3) is 0 Å². The molecule has 0 unspecified atom stereocenters. The molecule has 4 rings (SSSR count). The van der Waals surface area contributed by atoms with Gasteiger partial charge in [0.15, 0.2) is 0 Å². The maximum Gasteiger partial charge on any atom is -0.0406 e. The molecule has 0 aromatic carbocycles. The normalized spacial score (nSPS) is 48.3. The van der Waals surface area contributed by atoms with Gasteiger partial charge in [0.05, 0.1) is 0 Å². The standard InChI is InChI=1S/C10H16.C2H4/c1-7-2-9-4-8(1)5-10(3-7)6-9;1-2/h7-10H,1-6H2;1-2H2. The van der Waals surface area contributed by atoms with Crippen molar-refractivity contribution in [1.29, 1.82) is 0 Å². The van der Waals surface area contributed by atoms with Crippen molar-refractivity contribution in [2.75, 3.05) is 0 Å². The van der Waals surface area contributed by atoms with Crippen LogP contribution in [-0.4, -0.2) is 0 Å². The molecule has 0 aromatic heterocycles. The van der Waals surface area contributed by atoms with Crippen LogP contribution < -0.4 is 0 Å². The Kier molecular flexibility index (Phi) is 2.25. The molecule has 0 aromatic rings. The summed E-state index contributed by atoms with van der Waals surface area (Å²) in [4.78, 5) is 0. The molecule has 0 nitrogen and oxygen atoms in total. The highest BCUT2D eigenvalue weighted by Crippen LogP contribution is 2.53. The number of hydrogen-bond donors (Lipinski definition) is 0. The van der Waals surface area contributed by atoms with E-state index >= 15 is 0 Å². The van der Waals surface area contributed by atoms with Crippen molar-refractivity contribution in [3.63, 3.8) is 0 Å². The second-order valence-corrected chi connectivity index (χ2v) is 4.88. The number of rotatable bonds is 0. The van der Waals surface area contributed by atoms with E-state index in [1.165, 1.54) is 23.7 Å². The molecule has 0 heteroatoms. The van der Waals surface area contributed by atoms with E-state index in [1.807, 2.05) is 0 Å². The minimum absolute atomic E-state index is 1.18. The van der Waals surface area contributed by atoms with Crippen molar-refractivity contribution in [3.8, 4) is 0 Å². The maximum atomic E-state index is 3.00. The van der Waals surface area contributed by atoms with E-state index in [2.05, 4.69) is 13.2 Å². The zero-order chi connectivity index (χ0) is 8.55. The van der Waals surface area contributed by atoms with Crippen molar-refractivity contribution < 1.29 is 0 Å². The van der Waals surface area contributed by atoms with Crippen LogP contribution in [0.3, 0.4) is 0 Å². The molecule has 4 bridgehead atoms. The minimum Gasteiger partial charge on any atom is -0.106 e. The lowest BCUT2D eigenvalue weighted by Crippen LogP contribution is -2.38. The van der Waals surface area contributed by atoms with Crippen LogP contribution in [0, 0.1) is 23.7 Å². The summed E-state index contributed by atoms with van der Waals surface area (Å²) in [6.45, 7) is 6.00. The van der Waals surface area contributed by atoms with Gasteiger partial charge >= 0.3 is 0 Å². The quantitative estimate of drug-likeness (QED) is 0.479. The third kappa shape index (κ3) is 1.32. The van der Waals surface area contributed by atoms with Gasteiger partial charge in [-0.1, -0.05) is 0 Å². The highest BCUT2D eigenvalue weighted by atomic mass is 14.5. The molecule has 0 radical (unpaired) electrons. The average Bonchev–Trinajstić information content (AvgIpc) is 2.05. The molecule has 0 aliphatic heterocycles. The fraction of sp³-hybridized carbons (Fsp3) is 0.833. The molecule has 4 aliphatic rings. The fourth-order valence-electron chi connectivity index (χ4n) is 3.98. The van der Waals surface area contributed by atoms with E-state index < -0.39 is 0 Å². The lowest BCUT2D eigenvalue weighted by atomic mass is 9.56. The molecule has 0 atom stereocenters. The van der Waals surface area contributed by atoms with E-state index in [9.17, 15) is 0 Å². The van der Waals surface area contributed by atoms with Crippen molar-refractivity contribution in [3.05, 3.63) is 13.2 Å². The summed E-state index contributed by atoms with van der Waals surface area (Å²) in [5, 5.41) is 0. The highest BCUT2D eigenvalue weighted by molar-refractivity contribution is 4.92. The summed E-state index contributed by atoms with van der Waals surface area (Å²) in [6.07, 6.45) is 9.62. The molecule has 0 amide bonds. The zero-order valence-corrected chi connectivity index (χ0v) is 7.97. The molecule has 0 heterocycles. The monoisotopic (exact) mass is 164 g/mol. The van der Waals surface area contributed by atoms with Gasteiger partial charge in [0.2, 0.25) is 0 Å². The zero-order valence-electron chi connectivity index (χ0n) is 7.97. The Morgan fingerprint density at radius 2 is 0.667 bits per heavy atom. The van der Waals surface area contributed by atoms with Gasteiger partial charge in [-0.3, -0.25) is 0 Å². The third-order valence-electron chi connectivity index (χ3n) is 4.00. The third-order valence-corrected chi connectivity index (χ3v) is 4.00. The van der Waals surface area contributed by atoms with Crippen molar-refractivity contribution in [1.82, 2.24) is 0 Å². The smallest absolute Gasteiger partial charge is 0.0406 e. The summed E-state index contributed by atoms with van der Waals surface area (Å²) < 4.78 is 0. The van der Waals surface area contributed by atoms with E-state index in [4.69, 9.17) is 0 Å². The predicted octanol–water partition coefficient (Wildman–Crippen LogP) is 3.63. The van der Waals surface area contributed by atoms with E-state index in [0.717, 1.165) is 0 Å². The first-order valence-electron chi connectivity index (χ1n) is 5.40. The van der Waals surface area contributed by atoms with Gasteiger partial charge in [0, 0.05) is 0 Å². The second-order valence-electron chi connectivity index (χ2n) is 4.88. The Bertz CT molecular complexity index is 103. The van der Waals surface area contributed by atoms with Crippen LogP contribution in [0.2, 0.25) is 0 Å². The van der Waals surface area contributed by atoms with Crippen LogP contribution in [0.1, 0.15) is 38.5 Å². The summed E-state index contributed by atoms with van der Waals surface area (Å²) >= 11 is 0. The van der Waals surface area contributed by atoms with E-state index in [-0.39, 0.29) is 0 Å². The van der Waals surface area contributed by atoms with Crippen LogP contribution in [-0.2, 0) is 0 Å². The molecular formula is C12H20. The first-order valence-corrected chi connectivity index (χ1v) is 5.40. The molecule has 0 saturated heterocycles. The largest absolute Gasteiger partial charge is 0.106 e. The molecule has 4 fully saturated rings. The van der Waals surface area contributed by atoms with Gasteiger partial charge in [-0.25, -0.2) is 0 Å². The Balaban J connectivity index is 0.000000264. The van der Waals surface area contributed by atoms with Gasteiger partial charge in [-0.05, 0) is 62.2 Å². The average molecular weight is 164 g/mol. The topological polar surface area (TPSA) is 0 Å². The molecule has 0 spiro atoms. The first-order chi connectivity index (χ1) is 5.90. The van der Waals surface area contributed by atoms with Crippen molar-refractivity contribution in [2.24, 2.45) is 23.7 Å². The minimum atomic E-state index is 1.18. The molecule has 68 valence electrons. The lowest BCUT2D eigenvalue weighted by Gasteiger charge is -2.49. The van der Waals surface area contributed by atoms with Crippen LogP contribution in [0.5, 0.6) is 0 Å². The van der Waals surface area contributed by atoms with Gasteiger partial charge in [-0.2, -0.15) is 0 Å². The molecule has 4 aliphatic carbocycles. The van der Waals surface area contributed by atoms with Gasteiger partial charge in [-0.15, -0.1) is 13.2 Å². The molecular weight excluding hydrogens is 144 g/mol. The summed E-state index contributed by atoms with van der Waals surface area (Å²) in [6, 6.07) is 0. The second kappa shape index (κ2) is 3.24. The Morgan fingerprint density at radius 1 is 0.500 bits per heavy atom. The Hall–Kier alpha value is -0.260. The van der Waals surface area contributed by atoms with Gasteiger partial charge in [0.1, 0.15) is 0 Å². The lowest BCUT2D eigenvalue weighted by molar-refractivity contribution is 0.0198. The molecule has 0 N–H and O–H groups in total. The van der Waals surface area contributed by atoms with Crippen LogP contribution in [0.15, 0.2) is 13.2 Å². The van der Waals surface area contributed by atoms with Crippen LogP contribution in [0.4, 0.5) is 0 Å². The first kappa shape index (κ1) is 8.34. The summed E-state index contributed by atoms with van der Waals surface area (Å²) in [5.74, 6) is 4.71. The summed E-state index contributed by atoms with van der Waals surface area (Å²) in [7, 11) is 0. The Labute approximate surface area is 76.1 Å². The van der Waals surface area contributed by atoms with Crippen LogP contribution >= 0.6 is 0 Å². The van der Waals surface area contributed by atoms with Gasteiger partial charge < -0.3 is 0 Å². The molecule has 4 saturated carbocycles. The molecule has 12 heavy (non-hydrogen) atoms. The summed E-state index contributed by atoms with van der Waals surface area (Å²) in [5.41, 5.74) is 0. The number of hydrogen-bond acceptors (Lipinski definition) is 0. The van der Waals surface area contributed by atoms with E-state index in [1.54, 1.807) is 38.5 Å². The van der Waals surface area contributed by atoms with E-state index in [0.29, 0.717) is 0 Å². The Morgan fingerprint density at radius 3 is 0.833 bits per heavy atom. The predicted molar refractivity (Wildman–Crippen MR) is 52.9 cm³/mol. The SMILES string of the molecule is C1C2CC3CC1CC(C2)C3.C=C. The maximum absolute atomic E-state index is 3.00. The van der Waals surface area contributed by atoms with Crippen LogP contribution in [0.25, 0.3) is 0 Å².